The molecule has 0 bridgehead atoms. The number of anilines is 1. The Balaban J connectivity index is 1.68. The van der Waals surface area contributed by atoms with Gasteiger partial charge >= 0.3 is 5.69 Å². The van der Waals surface area contributed by atoms with Crippen LogP contribution in [0.2, 0.25) is 0 Å². The molecule has 0 aliphatic rings. The lowest BCUT2D eigenvalue weighted by atomic mass is 10.1. The quantitative estimate of drug-likeness (QED) is 0.293. The Bertz CT molecular complexity index is 1290. The number of hydrogen-bond acceptors (Lipinski definition) is 6. The van der Waals surface area contributed by atoms with E-state index in [1.54, 1.807) is 0 Å². The molecule has 0 spiro atoms. The molecule has 0 atom stereocenters. The van der Waals surface area contributed by atoms with Crippen LogP contribution < -0.4 is 5.43 Å². The molecule has 3 aromatic carbocycles. The number of aromatic nitrogens is 2. The molecule has 3 N–H and O–H groups in total. The van der Waals surface area contributed by atoms with Crippen molar-refractivity contribution < 1.29 is 15.2 Å². The number of nitrogens with zero attached hydrogens (tertiary/aromatic N) is 4. The second-order valence-corrected chi connectivity index (χ2v) is 7.08. The van der Waals surface area contributed by atoms with Gasteiger partial charge in [0.15, 0.2) is 0 Å². The van der Waals surface area contributed by atoms with Crippen LogP contribution in [0.3, 0.4) is 0 Å². The maximum Gasteiger partial charge on any atom is 0.317 e. The normalized spacial score (nSPS) is 10.9. The molecule has 0 fully saturated rings. The number of hydrazone groups is 1. The van der Waals surface area contributed by atoms with Gasteiger partial charge in [0.2, 0.25) is 5.95 Å². The zero-order valence-corrected chi connectivity index (χ0v) is 17.2. The van der Waals surface area contributed by atoms with Gasteiger partial charge in [-0.25, -0.2) is 20.6 Å². The van der Waals surface area contributed by atoms with E-state index >= 15 is 0 Å². The van der Waals surface area contributed by atoms with E-state index in [9.17, 15) is 10.0 Å². The van der Waals surface area contributed by atoms with E-state index in [-0.39, 0.29) is 27.9 Å². The van der Waals surface area contributed by atoms with Crippen molar-refractivity contribution >= 4 is 17.9 Å². The van der Waals surface area contributed by atoms with Gasteiger partial charge in [0.1, 0.15) is 5.75 Å². The average molecular weight is 426 g/mol. The third kappa shape index (κ3) is 4.76. The number of phenols is 1. The summed E-state index contributed by atoms with van der Waals surface area (Å²) in [6, 6.07) is 23.5. The summed E-state index contributed by atoms with van der Waals surface area (Å²) in [5, 5.41) is 23.1. The van der Waals surface area contributed by atoms with Crippen molar-refractivity contribution in [1.82, 2.24) is 9.97 Å². The Morgan fingerprint density at radius 1 is 0.906 bits per heavy atom. The molecule has 4 rings (SSSR count). The number of nitrogens with one attached hydrogen (secondary N) is 1. The molecular formula is C24H20N5O3+. The summed E-state index contributed by atoms with van der Waals surface area (Å²) >= 11 is 0. The summed E-state index contributed by atoms with van der Waals surface area (Å²) in [6.45, 7) is 2.02. The highest BCUT2D eigenvalue weighted by Gasteiger charge is 2.14. The third-order valence-corrected chi connectivity index (χ3v) is 4.74. The van der Waals surface area contributed by atoms with Crippen LogP contribution in [0.15, 0.2) is 84.0 Å². The monoisotopic (exact) mass is 426 g/mol. The summed E-state index contributed by atoms with van der Waals surface area (Å²) < 4.78 is 0. The largest absolute Gasteiger partial charge is 0.507 e. The topological polar surface area (TPSA) is 111 Å². The zero-order chi connectivity index (χ0) is 22.5. The maximum atomic E-state index is 11.1. The molecule has 4 aromatic rings. The Morgan fingerprint density at radius 3 is 2.22 bits per heavy atom. The first-order valence-corrected chi connectivity index (χ1v) is 9.79. The van der Waals surface area contributed by atoms with E-state index < -0.39 is 0 Å². The lowest BCUT2D eigenvalue weighted by Gasteiger charge is -2.08. The molecule has 0 amide bonds. The van der Waals surface area contributed by atoms with Gasteiger partial charge in [0.05, 0.1) is 22.5 Å². The first kappa shape index (κ1) is 20.7. The van der Waals surface area contributed by atoms with Gasteiger partial charge in [0.25, 0.3) is 4.92 Å². The SMILES string of the molecule is Cc1ccc(-c2cc(-c3ccccc3)nc(NN=Cc3cc([N+](=O)O)ccc3O)n2)cc1. The van der Waals surface area contributed by atoms with E-state index in [0.717, 1.165) is 28.1 Å². The highest BCUT2D eigenvalue weighted by molar-refractivity contribution is 5.84. The molecule has 0 radical (unpaired) electrons. The summed E-state index contributed by atoms with van der Waals surface area (Å²) in [5.41, 5.74) is 7.45. The van der Waals surface area contributed by atoms with E-state index in [2.05, 4.69) is 20.5 Å². The smallest absolute Gasteiger partial charge is 0.317 e. The Labute approximate surface area is 184 Å². The first-order chi connectivity index (χ1) is 15.5. The van der Waals surface area contributed by atoms with Gasteiger partial charge in [-0.15, -0.1) is 0 Å². The Kier molecular flexibility index (Phi) is 5.85. The van der Waals surface area contributed by atoms with Crippen molar-refractivity contribution in [3.63, 3.8) is 0 Å². The van der Waals surface area contributed by atoms with Crippen LogP contribution in [0.4, 0.5) is 11.6 Å². The van der Waals surface area contributed by atoms with Crippen LogP contribution in [-0.4, -0.2) is 31.4 Å². The molecule has 1 heterocycles. The lowest BCUT2D eigenvalue weighted by molar-refractivity contribution is -0.729. The van der Waals surface area contributed by atoms with Gasteiger partial charge < -0.3 is 5.11 Å². The van der Waals surface area contributed by atoms with Crippen molar-refractivity contribution in [2.75, 3.05) is 5.43 Å². The summed E-state index contributed by atoms with van der Waals surface area (Å²) in [5.74, 6) is 0.168. The van der Waals surface area contributed by atoms with Gasteiger partial charge in [-0.3, -0.25) is 0 Å². The predicted molar refractivity (Wildman–Crippen MR) is 122 cm³/mol. The van der Waals surface area contributed by atoms with Gasteiger partial charge in [-0.05, 0) is 19.1 Å². The Morgan fingerprint density at radius 2 is 1.56 bits per heavy atom. The second kappa shape index (κ2) is 9.05. The van der Waals surface area contributed by atoms with Crippen LogP contribution >= 0.6 is 0 Å². The lowest BCUT2D eigenvalue weighted by Crippen LogP contribution is -2.00. The minimum Gasteiger partial charge on any atom is -0.507 e. The van der Waals surface area contributed by atoms with Crippen molar-refractivity contribution in [2.24, 2.45) is 5.10 Å². The van der Waals surface area contributed by atoms with Crippen LogP contribution in [0.25, 0.3) is 22.5 Å². The fourth-order valence-corrected chi connectivity index (χ4v) is 3.05. The first-order valence-electron chi connectivity index (χ1n) is 9.79. The second-order valence-electron chi connectivity index (χ2n) is 7.08. The standard InChI is InChI=1S/C24H19N5O3/c1-16-7-9-18(10-8-16)22-14-21(17-5-3-2-4-6-17)26-24(27-22)28-25-15-19-13-20(29(31)32)11-12-23(19)30/h2-15H,1H3,(H2-,25,26,27,28,30,31,32)/p+1. The van der Waals surface area contributed by atoms with Crippen molar-refractivity contribution in [3.8, 4) is 28.3 Å². The van der Waals surface area contributed by atoms with E-state index in [0.29, 0.717) is 0 Å². The van der Waals surface area contributed by atoms with E-state index in [1.165, 1.54) is 24.4 Å². The van der Waals surface area contributed by atoms with Gasteiger partial charge in [0, 0.05) is 28.8 Å². The highest BCUT2D eigenvalue weighted by Crippen LogP contribution is 2.26. The molecule has 0 aliphatic carbocycles. The molecule has 1 aromatic heterocycles. The molecular weight excluding hydrogens is 406 g/mol. The van der Waals surface area contributed by atoms with Gasteiger partial charge in [-0.2, -0.15) is 5.10 Å². The number of rotatable bonds is 6. The number of phenolic OH excluding ortho intramolecular Hbond substituents is 1. The number of aryl methyl sites for hydroxylation is 1. The minimum absolute atomic E-state index is 0.0340. The number of aromatic hydroxyl groups is 1. The highest BCUT2D eigenvalue weighted by atomic mass is 16.6. The molecule has 32 heavy (non-hydrogen) atoms. The number of hydrogen-bond donors (Lipinski definition) is 3. The molecule has 8 nitrogen and oxygen atoms in total. The number of benzene rings is 3. The van der Waals surface area contributed by atoms with Crippen LogP contribution in [0.1, 0.15) is 11.1 Å². The fourth-order valence-electron chi connectivity index (χ4n) is 3.05. The fraction of sp³-hybridized carbons (Fsp3) is 0.0417. The predicted octanol–water partition coefficient (Wildman–Crippen LogP) is 5.07. The zero-order valence-electron chi connectivity index (χ0n) is 17.2. The van der Waals surface area contributed by atoms with Crippen LogP contribution in [-0.2, 0) is 0 Å². The maximum absolute atomic E-state index is 11.1. The Hall–Kier alpha value is -4.59. The molecule has 0 aliphatic heterocycles. The summed E-state index contributed by atoms with van der Waals surface area (Å²) in [4.78, 5) is 19.9. The van der Waals surface area contributed by atoms with E-state index in [4.69, 9.17) is 5.21 Å². The average Bonchev–Trinajstić information content (AvgIpc) is 2.81. The molecule has 0 saturated carbocycles. The third-order valence-electron chi connectivity index (χ3n) is 4.74. The molecule has 0 saturated heterocycles. The van der Waals surface area contributed by atoms with E-state index in [1.807, 2.05) is 67.6 Å². The van der Waals surface area contributed by atoms with Crippen molar-refractivity contribution in [3.05, 3.63) is 94.9 Å². The summed E-state index contributed by atoms with van der Waals surface area (Å²) in [6.07, 6.45) is 1.31. The van der Waals surface area contributed by atoms with Crippen LogP contribution in [0, 0.1) is 11.8 Å². The van der Waals surface area contributed by atoms with Crippen LogP contribution in [0.5, 0.6) is 5.75 Å². The molecule has 8 heteroatoms. The molecule has 0 unspecified atom stereocenters. The van der Waals surface area contributed by atoms with Crippen molar-refractivity contribution in [2.45, 2.75) is 6.92 Å². The minimum atomic E-state index is -0.287. The summed E-state index contributed by atoms with van der Waals surface area (Å²) in [7, 11) is 0. The molecule has 158 valence electrons. The van der Waals surface area contributed by atoms with Gasteiger partial charge in [-0.1, -0.05) is 60.2 Å². The van der Waals surface area contributed by atoms with Crippen molar-refractivity contribution in [1.29, 1.82) is 0 Å².